The smallest absolute Gasteiger partial charge is 0.214 e. The molecule has 0 fully saturated rings. The Balaban J connectivity index is 1.87. The molecule has 152 valence electrons. The summed E-state index contributed by atoms with van der Waals surface area (Å²) in [4.78, 5) is 13.2. The molecular formula is C24H18ClN5O. The first kappa shape index (κ1) is 20.2. The molecule has 0 aliphatic carbocycles. The fourth-order valence-corrected chi connectivity index (χ4v) is 3.24. The summed E-state index contributed by atoms with van der Waals surface area (Å²) in [5, 5.41) is 18.2. The van der Waals surface area contributed by atoms with Crippen molar-refractivity contribution >= 4 is 34.6 Å². The van der Waals surface area contributed by atoms with E-state index in [-0.39, 0.29) is 17.0 Å². The molecule has 3 aromatic carbocycles. The van der Waals surface area contributed by atoms with Crippen LogP contribution in [0.5, 0.6) is 0 Å². The molecule has 1 heterocycles. The number of nitrogens with two attached hydrogens (primary N) is 1. The van der Waals surface area contributed by atoms with Crippen molar-refractivity contribution in [1.82, 2.24) is 9.78 Å². The van der Waals surface area contributed by atoms with Gasteiger partial charge in [0, 0.05) is 22.0 Å². The molecule has 0 aliphatic rings. The van der Waals surface area contributed by atoms with Crippen molar-refractivity contribution in [3.8, 4) is 11.8 Å². The van der Waals surface area contributed by atoms with Crippen LogP contribution in [0.2, 0.25) is 5.02 Å². The average Bonchev–Trinajstić information content (AvgIpc) is 3.14. The summed E-state index contributed by atoms with van der Waals surface area (Å²) in [5.74, 6) is 0.0506. The Morgan fingerprint density at radius 3 is 2.29 bits per heavy atom. The van der Waals surface area contributed by atoms with Gasteiger partial charge in [0.2, 0.25) is 5.78 Å². The number of aryl methyl sites for hydroxylation is 1. The van der Waals surface area contributed by atoms with Crippen molar-refractivity contribution in [2.45, 2.75) is 6.92 Å². The standard InChI is InChI=1S/C24H18ClN5O/c1-15-2-4-16(5-3-15)23(31)22-21(14-26)24(28-19-10-8-18(27)9-11-19)30(29-22)20-12-6-17(25)7-13-20/h2-13,28H,27H2,1H3. The predicted molar refractivity (Wildman–Crippen MR) is 122 cm³/mol. The van der Waals surface area contributed by atoms with Gasteiger partial charge in [-0.25, -0.2) is 4.68 Å². The Hall–Kier alpha value is -4.08. The summed E-state index contributed by atoms with van der Waals surface area (Å²) >= 11 is 6.03. The molecule has 4 aromatic rings. The molecule has 0 saturated heterocycles. The molecule has 6 nitrogen and oxygen atoms in total. The Labute approximate surface area is 184 Å². The number of nitrogen functional groups attached to an aromatic ring is 1. The van der Waals surface area contributed by atoms with E-state index in [0.717, 1.165) is 5.56 Å². The van der Waals surface area contributed by atoms with Crippen LogP contribution in [-0.2, 0) is 0 Å². The number of aromatic nitrogens is 2. The third-order valence-corrected chi connectivity index (χ3v) is 5.02. The van der Waals surface area contributed by atoms with Crippen LogP contribution in [0.15, 0.2) is 72.8 Å². The summed E-state index contributed by atoms with van der Waals surface area (Å²) in [6.07, 6.45) is 0. The molecule has 4 rings (SSSR count). The molecule has 31 heavy (non-hydrogen) atoms. The number of nitrogens with one attached hydrogen (secondary N) is 1. The van der Waals surface area contributed by atoms with Gasteiger partial charge in [-0.3, -0.25) is 4.79 Å². The molecule has 0 saturated carbocycles. The Kier molecular flexibility index (Phi) is 5.44. The second-order valence-corrected chi connectivity index (χ2v) is 7.45. The zero-order valence-electron chi connectivity index (χ0n) is 16.6. The zero-order valence-corrected chi connectivity index (χ0v) is 17.4. The lowest BCUT2D eigenvalue weighted by Crippen LogP contribution is -2.05. The molecule has 0 spiro atoms. The van der Waals surface area contributed by atoms with E-state index < -0.39 is 0 Å². The Morgan fingerprint density at radius 1 is 1.03 bits per heavy atom. The minimum Gasteiger partial charge on any atom is -0.399 e. The normalized spacial score (nSPS) is 10.5. The van der Waals surface area contributed by atoms with Crippen molar-refractivity contribution in [1.29, 1.82) is 5.26 Å². The minimum atomic E-state index is -0.329. The molecule has 3 N–H and O–H groups in total. The Bertz CT molecular complexity index is 1280. The van der Waals surface area contributed by atoms with E-state index in [1.807, 2.05) is 19.1 Å². The first-order valence-corrected chi connectivity index (χ1v) is 9.87. The van der Waals surface area contributed by atoms with E-state index in [1.165, 1.54) is 4.68 Å². The molecule has 7 heteroatoms. The Morgan fingerprint density at radius 2 is 1.68 bits per heavy atom. The largest absolute Gasteiger partial charge is 0.399 e. The molecule has 0 amide bonds. The van der Waals surface area contributed by atoms with Crippen molar-refractivity contribution in [3.05, 3.63) is 100 Å². The topological polar surface area (TPSA) is 96.7 Å². The second-order valence-electron chi connectivity index (χ2n) is 7.01. The molecular weight excluding hydrogens is 410 g/mol. The van der Waals surface area contributed by atoms with Gasteiger partial charge in [-0.1, -0.05) is 41.4 Å². The maximum atomic E-state index is 13.2. The van der Waals surface area contributed by atoms with E-state index >= 15 is 0 Å². The van der Waals surface area contributed by atoms with E-state index in [1.54, 1.807) is 60.7 Å². The van der Waals surface area contributed by atoms with Gasteiger partial charge in [-0.2, -0.15) is 10.4 Å². The van der Waals surface area contributed by atoms with Gasteiger partial charge >= 0.3 is 0 Å². The number of anilines is 3. The van der Waals surface area contributed by atoms with Gasteiger partial charge in [0.15, 0.2) is 11.5 Å². The third-order valence-electron chi connectivity index (χ3n) is 4.77. The van der Waals surface area contributed by atoms with Crippen LogP contribution >= 0.6 is 11.6 Å². The number of carbonyl (C=O) groups excluding carboxylic acids is 1. The van der Waals surface area contributed by atoms with E-state index in [0.29, 0.717) is 33.5 Å². The number of carbonyl (C=O) groups is 1. The highest BCUT2D eigenvalue weighted by Crippen LogP contribution is 2.29. The average molecular weight is 428 g/mol. The van der Waals surface area contributed by atoms with E-state index in [2.05, 4.69) is 16.5 Å². The van der Waals surface area contributed by atoms with E-state index in [4.69, 9.17) is 17.3 Å². The van der Waals surface area contributed by atoms with Gasteiger partial charge in [0.25, 0.3) is 0 Å². The summed E-state index contributed by atoms with van der Waals surface area (Å²) < 4.78 is 1.53. The SMILES string of the molecule is Cc1ccc(C(=O)c2nn(-c3ccc(Cl)cc3)c(Nc3ccc(N)cc3)c2C#N)cc1. The molecule has 0 atom stereocenters. The second kappa shape index (κ2) is 8.34. The monoisotopic (exact) mass is 427 g/mol. The first-order valence-electron chi connectivity index (χ1n) is 9.49. The number of benzene rings is 3. The molecule has 0 aliphatic heterocycles. The van der Waals surface area contributed by atoms with Gasteiger partial charge < -0.3 is 11.1 Å². The molecule has 1 aromatic heterocycles. The van der Waals surface area contributed by atoms with Crippen LogP contribution in [0.1, 0.15) is 27.2 Å². The highest BCUT2D eigenvalue weighted by Gasteiger charge is 2.25. The fourth-order valence-electron chi connectivity index (χ4n) is 3.11. The third kappa shape index (κ3) is 4.13. The van der Waals surface area contributed by atoms with Crippen LogP contribution in [-0.4, -0.2) is 15.6 Å². The number of halogens is 1. The quantitative estimate of drug-likeness (QED) is 0.334. The lowest BCUT2D eigenvalue weighted by molar-refractivity contribution is 0.103. The predicted octanol–water partition coefficient (Wildman–Crippen LogP) is 5.26. The number of hydrogen-bond donors (Lipinski definition) is 2. The summed E-state index contributed by atoms with van der Waals surface area (Å²) in [5.41, 5.74) is 9.47. The fraction of sp³-hybridized carbons (Fsp3) is 0.0417. The lowest BCUT2D eigenvalue weighted by Gasteiger charge is -2.10. The van der Waals surface area contributed by atoms with Crippen LogP contribution in [0.4, 0.5) is 17.2 Å². The zero-order chi connectivity index (χ0) is 22.0. The summed E-state index contributed by atoms with van der Waals surface area (Å²) in [7, 11) is 0. The van der Waals surface area contributed by atoms with Crippen LogP contribution in [0.25, 0.3) is 5.69 Å². The van der Waals surface area contributed by atoms with Gasteiger partial charge in [-0.05, 0) is 55.5 Å². The molecule has 0 radical (unpaired) electrons. The van der Waals surface area contributed by atoms with Crippen LogP contribution in [0.3, 0.4) is 0 Å². The number of hydrogen-bond acceptors (Lipinski definition) is 5. The van der Waals surface area contributed by atoms with Crippen molar-refractivity contribution < 1.29 is 4.79 Å². The van der Waals surface area contributed by atoms with Crippen LogP contribution in [0, 0.1) is 18.3 Å². The van der Waals surface area contributed by atoms with Crippen LogP contribution < -0.4 is 11.1 Å². The minimum absolute atomic E-state index is 0.0687. The molecule has 0 unspecified atom stereocenters. The number of nitriles is 1. The van der Waals surface area contributed by atoms with Crippen molar-refractivity contribution in [3.63, 3.8) is 0 Å². The lowest BCUT2D eigenvalue weighted by atomic mass is 10.0. The highest BCUT2D eigenvalue weighted by molar-refractivity contribution is 6.30. The highest BCUT2D eigenvalue weighted by atomic mass is 35.5. The summed E-state index contributed by atoms with van der Waals surface area (Å²) in [6.45, 7) is 1.94. The summed E-state index contributed by atoms with van der Waals surface area (Å²) in [6, 6.07) is 23.4. The van der Waals surface area contributed by atoms with E-state index in [9.17, 15) is 10.1 Å². The van der Waals surface area contributed by atoms with Gasteiger partial charge in [0.1, 0.15) is 11.6 Å². The number of rotatable bonds is 5. The molecule has 0 bridgehead atoms. The van der Waals surface area contributed by atoms with Crippen molar-refractivity contribution in [2.24, 2.45) is 0 Å². The maximum Gasteiger partial charge on any atom is 0.214 e. The first-order chi connectivity index (χ1) is 15.0. The van der Waals surface area contributed by atoms with Gasteiger partial charge in [-0.15, -0.1) is 0 Å². The maximum absolute atomic E-state index is 13.2. The number of nitrogens with zero attached hydrogens (tertiary/aromatic N) is 3. The number of ketones is 1. The van der Waals surface area contributed by atoms with Crippen molar-refractivity contribution in [2.75, 3.05) is 11.1 Å². The van der Waals surface area contributed by atoms with Gasteiger partial charge in [0.05, 0.1) is 5.69 Å².